The summed E-state index contributed by atoms with van der Waals surface area (Å²) in [7, 11) is 1.63. The molecule has 84 valence electrons. The highest BCUT2D eigenvalue weighted by Gasteiger charge is 1.97. The van der Waals surface area contributed by atoms with Crippen molar-refractivity contribution in [1.82, 2.24) is 10.3 Å². The summed E-state index contributed by atoms with van der Waals surface area (Å²) in [5, 5.41) is 7.57. The molecule has 0 aliphatic heterocycles. The molecule has 3 nitrogen and oxygen atoms in total. The van der Waals surface area contributed by atoms with E-state index in [1.165, 1.54) is 5.56 Å². The molecule has 2 aromatic rings. The smallest absolute Gasteiger partial charge is 0.213 e. The van der Waals surface area contributed by atoms with Crippen LogP contribution in [0.2, 0.25) is 0 Å². The van der Waals surface area contributed by atoms with E-state index in [4.69, 9.17) is 4.74 Å². The van der Waals surface area contributed by atoms with Gasteiger partial charge in [0, 0.05) is 19.2 Å². The molecule has 0 saturated carbocycles. The van der Waals surface area contributed by atoms with E-state index in [1.54, 1.807) is 18.4 Å². The molecule has 0 unspecified atom stereocenters. The van der Waals surface area contributed by atoms with E-state index in [0.29, 0.717) is 5.88 Å². The van der Waals surface area contributed by atoms with Gasteiger partial charge in [0.05, 0.1) is 12.8 Å². The molecule has 0 amide bonds. The van der Waals surface area contributed by atoms with Gasteiger partial charge in [0.25, 0.3) is 0 Å². The largest absolute Gasteiger partial charge is 0.481 e. The number of nitrogens with one attached hydrogen (secondary N) is 1. The van der Waals surface area contributed by atoms with Crippen LogP contribution < -0.4 is 10.1 Å². The summed E-state index contributed by atoms with van der Waals surface area (Å²) >= 11 is 1.72. The highest BCUT2D eigenvalue weighted by molar-refractivity contribution is 7.07. The van der Waals surface area contributed by atoms with E-state index < -0.39 is 0 Å². The minimum absolute atomic E-state index is 0.662. The number of hydrogen-bond donors (Lipinski definition) is 1. The second kappa shape index (κ2) is 5.63. The first kappa shape index (κ1) is 11.1. The fraction of sp³-hybridized carbons (Fsp3) is 0.250. The van der Waals surface area contributed by atoms with Crippen LogP contribution in [0.5, 0.6) is 5.88 Å². The second-order valence-electron chi connectivity index (χ2n) is 3.41. The zero-order chi connectivity index (χ0) is 11.2. The Labute approximate surface area is 99.1 Å². The molecule has 0 aliphatic carbocycles. The predicted molar refractivity (Wildman–Crippen MR) is 65.7 cm³/mol. The molecule has 2 aromatic heterocycles. The normalized spacial score (nSPS) is 10.3. The van der Waals surface area contributed by atoms with E-state index in [9.17, 15) is 0 Å². The van der Waals surface area contributed by atoms with E-state index >= 15 is 0 Å². The van der Waals surface area contributed by atoms with Crippen LogP contribution in [0.4, 0.5) is 0 Å². The maximum absolute atomic E-state index is 5.07. The Kier molecular flexibility index (Phi) is 3.91. The molecule has 1 N–H and O–H groups in total. The molecule has 0 aliphatic rings. The van der Waals surface area contributed by atoms with Gasteiger partial charge in [-0.15, -0.1) is 0 Å². The van der Waals surface area contributed by atoms with Gasteiger partial charge < -0.3 is 10.1 Å². The van der Waals surface area contributed by atoms with Crippen molar-refractivity contribution in [2.75, 3.05) is 7.11 Å². The van der Waals surface area contributed by atoms with E-state index in [0.717, 1.165) is 18.8 Å². The molecule has 0 radical (unpaired) electrons. The Balaban J connectivity index is 1.85. The van der Waals surface area contributed by atoms with Crippen LogP contribution >= 0.6 is 11.3 Å². The molecule has 4 heteroatoms. The highest BCUT2D eigenvalue weighted by atomic mass is 32.1. The number of hydrogen-bond acceptors (Lipinski definition) is 4. The first-order valence-corrected chi connectivity index (χ1v) is 6.04. The van der Waals surface area contributed by atoms with E-state index in [2.05, 4.69) is 27.1 Å². The second-order valence-corrected chi connectivity index (χ2v) is 4.19. The van der Waals surface area contributed by atoms with Crippen LogP contribution in [-0.2, 0) is 13.1 Å². The van der Waals surface area contributed by atoms with Crippen molar-refractivity contribution in [3.05, 3.63) is 46.3 Å². The van der Waals surface area contributed by atoms with E-state index in [1.807, 2.05) is 18.2 Å². The number of aromatic nitrogens is 1. The Morgan fingerprint density at radius 3 is 3.00 bits per heavy atom. The molecule has 0 bridgehead atoms. The summed E-state index contributed by atoms with van der Waals surface area (Å²) in [6, 6.07) is 7.91. The lowest BCUT2D eigenvalue weighted by atomic mass is 10.3. The Bertz CT molecular complexity index is 428. The molecule has 2 heterocycles. The van der Waals surface area contributed by atoms with Crippen molar-refractivity contribution in [3.63, 3.8) is 0 Å². The summed E-state index contributed by atoms with van der Waals surface area (Å²) in [4.78, 5) is 4.33. The summed E-state index contributed by atoms with van der Waals surface area (Å²) in [5.41, 5.74) is 2.31. The Morgan fingerprint density at radius 2 is 2.25 bits per heavy atom. The summed E-state index contributed by atoms with van der Waals surface area (Å²) in [6.07, 6.45) is 0. The van der Waals surface area contributed by atoms with Gasteiger partial charge in [0.15, 0.2) is 0 Å². The third kappa shape index (κ3) is 3.05. The zero-order valence-corrected chi connectivity index (χ0v) is 9.96. The Hall–Kier alpha value is -1.39. The maximum atomic E-state index is 5.07. The lowest BCUT2D eigenvalue weighted by molar-refractivity contribution is 0.395. The van der Waals surface area contributed by atoms with Crippen LogP contribution in [0.15, 0.2) is 35.0 Å². The molecule has 0 aromatic carbocycles. The van der Waals surface area contributed by atoms with Gasteiger partial charge in [-0.05, 0) is 28.5 Å². The van der Waals surface area contributed by atoms with Crippen LogP contribution in [0, 0.1) is 0 Å². The molecule has 2 rings (SSSR count). The average molecular weight is 234 g/mol. The number of pyridine rings is 1. The molecule has 0 saturated heterocycles. The standard InChI is InChI=1S/C12H14N2OS/c1-15-12-4-2-3-11(14-12)8-13-7-10-5-6-16-9-10/h2-6,9,13H,7-8H2,1H3. The zero-order valence-electron chi connectivity index (χ0n) is 9.14. The van der Waals surface area contributed by atoms with Crippen LogP contribution in [0.25, 0.3) is 0 Å². The maximum Gasteiger partial charge on any atom is 0.213 e. The lowest BCUT2D eigenvalue weighted by Crippen LogP contribution is -2.13. The van der Waals surface area contributed by atoms with Gasteiger partial charge in [-0.3, -0.25) is 0 Å². The van der Waals surface area contributed by atoms with Crippen molar-refractivity contribution in [2.45, 2.75) is 13.1 Å². The average Bonchev–Trinajstić information content (AvgIpc) is 2.82. The van der Waals surface area contributed by atoms with Crippen LogP contribution in [0.3, 0.4) is 0 Å². The minimum Gasteiger partial charge on any atom is -0.481 e. The molecule has 0 fully saturated rings. The molecule has 0 spiro atoms. The predicted octanol–water partition coefficient (Wildman–Crippen LogP) is 2.44. The van der Waals surface area contributed by atoms with E-state index in [-0.39, 0.29) is 0 Å². The van der Waals surface area contributed by atoms with Crippen molar-refractivity contribution >= 4 is 11.3 Å². The third-order valence-electron chi connectivity index (χ3n) is 2.21. The first-order valence-electron chi connectivity index (χ1n) is 5.10. The number of thiophene rings is 1. The van der Waals surface area contributed by atoms with Crippen molar-refractivity contribution in [1.29, 1.82) is 0 Å². The van der Waals surface area contributed by atoms with Gasteiger partial charge in [-0.1, -0.05) is 6.07 Å². The van der Waals surface area contributed by atoms with Crippen LogP contribution in [-0.4, -0.2) is 12.1 Å². The number of nitrogens with zero attached hydrogens (tertiary/aromatic N) is 1. The lowest BCUT2D eigenvalue weighted by Gasteiger charge is -2.04. The first-order chi connectivity index (χ1) is 7.88. The summed E-state index contributed by atoms with van der Waals surface area (Å²) in [6.45, 7) is 1.63. The fourth-order valence-electron chi connectivity index (χ4n) is 1.40. The number of methoxy groups -OCH3 is 1. The third-order valence-corrected chi connectivity index (χ3v) is 2.94. The summed E-state index contributed by atoms with van der Waals surface area (Å²) in [5.74, 6) is 0.662. The van der Waals surface area contributed by atoms with Gasteiger partial charge in [-0.25, -0.2) is 4.98 Å². The summed E-state index contributed by atoms with van der Waals surface area (Å²) < 4.78 is 5.07. The monoisotopic (exact) mass is 234 g/mol. The fourth-order valence-corrected chi connectivity index (χ4v) is 2.07. The number of ether oxygens (including phenoxy) is 1. The molecule has 0 atom stereocenters. The topological polar surface area (TPSA) is 34.1 Å². The van der Waals surface area contributed by atoms with Gasteiger partial charge in [0.2, 0.25) is 5.88 Å². The molecular formula is C12H14N2OS. The van der Waals surface area contributed by atoms with Gasteiger partial charge in [-0.2, -0.15) is 11.3 Å². The van der Waals surface area contributed by atoms with Gasteiger partial charge >= 0.3 is 0 Å². The highest BCUT2D eigenvalue weighted by Crippen LogP contribution is 2.08. The molecule has 16 heavy (non-hydrogen) atoms. The minimum atomic E-state index is 0.662. The van der Waals surface area contributed by atoms with Crippen LogP contribution in [0.1, 0.15) is 11.3 Å². The molecular weight excluding hydrogens is 220 g/mol. The van der Waals surface area contributed by atoms with Gasteiger partial charge in [0.1, 0.15) is 0 Å². The van der Waals surface area contributed by atoms with Crippen molar-refractivity contribution in [3.8, 4) is 5.88 Å². The van der Waals surface area contributed by atoms with Crippen molar-refractivity contribution in [2.24, 2.45) is 0 Å². The SMILES string of the molecule is COc1cccc(CNCc2ccsc2)n1. The Morgan fingerprint density at radius 1 is 1.31 bits per heavy atom. The quantitative estimate of drug-likeness (QED) is 0.862. The number of rotatable bonds is 5. The van der Waals surface area contributed by atoms with Crippen molar-refractivity contribution < 1.29 is 4.74 Å².